The second kappa shape index (κ2) is 12.9. The van der Waals surface area contributed by atoms with Gasteiger partial charge in [0.15, 0.2) is 43.6 Å². The van der Waals surface area contributed by atoms with Gasteiger partial charge in [-0.25, -0.2) is 43.4 Å². The molecule has 9 atom stereocenters. The van der Waals surface area contributed by atoms with Gasteiger partial charge in [0, 0.05) is 0 Å². The van der Waals surface area contributed by atoms with Crippen molar-refractivity contribution >= 4 is 80.4 Å². The van der Waals surface area contributed by atoms with Crippen molar-refractivity contribution in [1.82, 2.24) is 39.0 Å². The van der Waals surface area contributed by atoms with Crippen LogP contribution in [0.25, 0.3) is 22.3 Å². The van der Waals surface area contributed by atoms with E-state index in [0.717, 1.165) is 17.2 Å². The number of thiol groups is 2. The third kappa shape index (κ3) is 6.73. The summed E-state index contributed by atoms with van der Waals surface area (Å²) in [4.78, 5) is 24.8. The van der Waals surface area contributed by atoms with E-state index in [1.165, 1.54) is 17.2 Å². The average Bonchev–Trinajstić information content (AvgIpc) is 3.80. The summed E-state index contributed by atoms with van der Waals surface area (Å²) >= 11 is 8.53. The molecule has 3 aliphatic rings. The van der Waals surface area contributed by atoms with E-state index in [0.29, 0.717) is 0 Å². The number of halogens is 1. The zero-order chi connectivity index (χ0) is 36.7. The van der Waals surface area contributed by atoms with Gasteiger partial charge in [-0.1, -0.05) is 45.3 Å². The Bertz CT molecular complexity index is 2080. The van der Waals surface area contributed by atoms with E-state index in [2.05, 4.69) is 54.4 Å². The second-order valence-corrected chi connectivity index (χ2v) is 24.3. The summed E-state index contributed by atoms with van der Waals surface area (Å²) in [5.74, 6) is -2.47. The largest absolute Gasteiger partial charge is 0.408 e. The molecular formula is C26H37FN10O9P2S2Si. The van der Waals surface area contributed by atoms with Crippen LogP contribution in [0.4, 0.5) is 16.0 Å². The van der Waals surface area contributed by atoms with Crippen molar-refractivity contribution in [3.63, 3.8) is 0 Å². The van der Waals surface area contributed by atoms with Crippen molar-refractivity contribution in [2.75, 3.05) is 31.3 Å². The van der Waals surface area contributed by atoms with Gasteiger partial charge in [0.25, 0.3) is 0 Å². The van der Waals surface area contributed by atoms with E-state index in [4.69, 9.17) is 43.5 Å². The third-order valence-corrected chi connectivity index (χ3v) is 17.2. The number of alkyl halides is 1. The predicted octanol–water partition coefficient (Wildman–Crippen LogP) is 4.03. The summed E-state index contributed by atoms with van der Waals surface area (Å²) in [6, 6.07) is 0. The third-order valence-electron chi connectivity index (χ3n) is 9.52. The molecule has 2 unspecified atom stereocenters. The predicted molar refractivity (Wildman–Crippen MR) is 189 cm³/mol. The Labute approximate surface area is 302 Å². The molecule has 3 fully saturated rings. The van der Waals surface area contributed by atoms with Crippen molar-refractivity contribution in [2.45, 2.75) is 81.4 Å². The standard InChI is InChI=1S/C26H37FN10O9P2S2Si/c1-25(2,3)51(4,5)46-17-13-6-41-48(39,50)45-19-14(40-8-26(19,27)37-12-35-16-21(29)31-10-33-23(16)37)7-42-47(38,49)44-18(17)24(43-13)36-11-34-15-20(28)30-9-32-22(15)36/h9-14,17-19,24H,6-8H2,1-5H3,(H,38,49)(H,39,50)(H2,28,30,32)(H2,29,31,33)/t13-,14-,17-,18-,19-,24-,26-,47?,48?/m1/s1. The Morgan fingerprint density at radius 2 is 1.51 bits per heavy atom. The number of nitrogens with zero attached hydrogens (tertiary/aromatic N) is 8. The number of nitrogen functional groups attached to an aromatic ring is 2. The maximum absolute atomic E-state index is 17.2. The van der Waals surface area contributed by atoms with Gasteiger partial charge in [-0.05, 0) is 18.1 Å². The minimum absolute atomic E-state index is 0.0100. The quantitative estimate of drug-likeness (QED) is 0.129. The molecule has 4 aromatic heterocycles. The Hall–Kier alpha value is -2.27. The topological polar surface area (TPSA) is 238 Å². The maximum Gasteiger partial charge on any atom is 0.386 e. The Morgan fingerprint density at radius 1 is 0.922 bits per heavy atom. The molecule has 51 heavy (non-hydrogen) atoms. The first-order chi connectivity index (χ1) is 23.8. The number of hydrogen-bond acceptors (Lipinski definition) is 17. The van der Waals surface area contributed by atoms with Gasteiger partial charge >= 0.3 is 13.6 Å². The highest BCUT2D eigenvalue weighted by atomic mass is 32.7. The summed E-state index contributed by atoms with van der Waals surface area (Å²) in [7, 11) is -2.65. The molecule has 7 heterocycles. The lowest BCUT2D eigenvalue weighted by Crippen LogP contribution is -2.50. The molecular weight excluding hydrogens is 770 g/mol. The van der Waals surface area contributed by atoms with Gasteiger partial charge in [0.1, 0.15) is 54.7 Å². The summed E-state index contributed by atoms with van der Waals surface area (Å²) in [6.07, 6.45) is -2.48. The van der Waals surface area contributed by atoms with Crippen LogP contribution in [0.15, 0.2) is 25.3 Å². The fourth-order valence-corrected chi connectivity index (χ4v) is 10.1. The van der Waals surface area contributed by atoms with Crippen LogP contribution in [0.3, 0.4) is 0 Å². The summed E-state index contributed by atoms with van der Waals surface area (Å²) in [5.41, 5.74) is 12.7. The summed E-state index contributed by atoms with van der Waals surface area (Å²) < 4.78 is 90.5. The Kier molecular flexibility index (Phi) is 9.41. The molecule has 4 N–H and O–H groups in total. The highest BCUT2D eigenvalue weighted by Crippen LogP contribution is 2.61. The minimum Gasteiger partial charge on any atom is -0.408 e. The molecule has 278 valence electrons. The fourth-order valence-electron chi connectivity index (χ4n) is 5.88. The van der Waals surface area contributed by atoms with Crippen LogP contribution in [0.1, 0.15) is 27.0 Å². The number of ether oxygens (including phenoxy) is 2. The van der Waals surface area contributed by atoms with Gasteiger partial charge in [0.2, 0.25) is 5.79 Å². The molecule has 0 amide bonds. The van der Waals surface area contributed by atoms with Crippen LogP contribution in [0.2, 0.25) is 18.1 Å². The summed E-state index contributed by atoms with van der Waals surface area (Å²) in [5, 5.41) is -0.303. The molecule has 4 aromatic rings. The molecule has 7 rings (SSSR count). The highest BCUT2D eigenvalue weighted by Gasteiger charge is 2.59. The van der Waals surface area contributed by atoms with Gasteiger partial charge in [0.05, 0.1) is 25.9 Å². The fraction of sp³-hybridized carbons (Fsp3) is 0.615. The number of anilines is 2. The monoisotopic (exact) mass is 806 g/mol. The molecule has 0 aromatic carbocycles. The number of hydrogen-bond donors (Lipinski definition) is 4. The lowest BCUT2D eigenvalue weighted by Gasteiger charge is -2.40. The van der Waals surface area contributed by atoms with Crippen molar-refractivity contribution in [2.24, 2.45) is 0 Å². The zero-order valence-corrected chi connectivity index (χ0v) is 32.5. The van der Waals surface area contributed by atoms with Gasteiger partial charge in [-0.15, -0.1) is 0 Å². The first-order valence-electron chi connectivity index (χ1n) is 15.6. The van der Waals surface area contributed by atoms with E-state index in [1.54, 1.807) is 0 Å². The first kappa shape index (κ1) is 37.1. The lowest BCUT2D eigenvalue weighted by molar-refractivity contribution is -0.0588. The number of imidazole rings is 2. The molecule has 0 spiro atoms. The van der Waals surface area contributed by atoms with E-state index in [9.17, 15) is 9.13 Å². The molecule has 2 bridgehead atoms. The minimum atomic E-state index is -4.46. The van der Waals surface area contributed by atoms with Crippen LogP contribution < -0.4 is 11.5 Å². The molecule has 19 nitrogen and oxygen atoms in total. The van der Waals surface area contributed by atoms with Crippen LogP contribution in [-0.2, 0) is 46.9 Å². The lowest BCUT2D eigenvalue weighted by atomic mass is 10.1. The molecule has 3 aliphatic heterocycles. The molecule has 0 saturated carbocycles. The smallest absolute Gasteiger partial charge is 0.386 e. The van der Waals surface area contributed by atoms with Crippen molar-refractivity contribution in [3.8, 4) is 0 Å². The van der Waals surface area contributed by atoms with Crippen LogP contribution in [0, 0.1) is 0 Å². The number of fused-ring (bicyclic) bond motifs is 5. The molecule has 0 aliphatic carbocycles. The molecule has 3 saturated heterocycles. The molecule has 25 heteroatoms. The normalized spacial score (nSPS) is 35.4. The SMILES string of the molecule is CC(C)(C)[Si](C)(C)O[C@H]1[C@H]2OP(=O)(S)OC[C@H]3OC[C@@](F)(n4cnc5c(N)ncnc54)[C@@H]3OP(=O)(S)OC[C@H]1O[C@H]2n1cnc2c(N)ncnc21. The van der Waals surface area contributed by atoms with Crippen molar-refractivity contribution in [3.05, 3.63) is 25.3 Å². The number of aromatic nitrogens is 8. The van der Waals surface area contributed by atoms with Gasteiger partial charge in [-0.3, -0.25) is 27.2 Å². The van der Waals surface area contributed by atoms with Gasteiger partial charge < -0.3 is 25.4 Å². The van der Waals surface area contributed by atoms with E-state index in [1.807, 2.05) is 33.9 Å². The Morgan fingerprint density at radius 3 is 2.18 bits per heavy atom. The zero-order valence-electron chi connectivity index (χ0n) is 28.0. The number of nitrogens with two attached hydrogens (primary N) is 2. The van der Waals surface area contributed by atoms with E-state index in [-0.39, 0.29) is 39.0 Å². The Balaban J connectivity index is 1.28. The highest BCUT2D eigenvalue weighted by molar-refractivity contribution is 8.44. The maximum atomic E-state index is 17.2. The molecule has 0 radical (unpaired) electrons. The van der Waals surface area contributed by atoms with Crippen molar-refractivity contribution in [1.29, 1.82) is 0 Å². The van der Waals surface area contributed by atoms with E-state index < -0.39 is 84.3 Å². The van der Waals surface area contributed by atoms with Crippen molar-refractivity contribution < 1.29 is 45.5 Å². The van der Waals surface area contributed by atoms with E-state index >= 15 is 4.39 Å². The number of rotatable bonds is 4. The second-order valence-electron chi connectivity index (χ2n) is 13.8. The van der Waals surface area contributed by atoms with Gasteiger partial charge in [-0.2, -0.15) is 0 Å². The summed E-state index contributed by atoms with van der Waals surface area (Å²) in [6.45, 7) is -0.400. The first-order valence-corrected chi connectivity index (χ1v) is 23.9. The van der Waals surface area contributed by atoms with Crippen LogP contribution in [-0.4, -0.2) is 97.7 Å². The van der Waals surface area contributed by atoms with Crippen LogP contribution in [0.5, 0.6) is 0 Å². The van der Waals surface area contributed by atoms with Crippen LogP contribution >= 0.6 is 38.1 Å². The average molecular weight is 807 g/mol.